The van der Waals surface area contributed by atoms with Crippen LogP contribution >= 0.6 is 0 Å². The molecule has 1 heterocycles. The van der Waals surface area contributed by atoms with Gasteiger partial charge in [-0.25, -0.2) is 9.78 Å². The Labute approximate surface area is 122 Å². The number of rotatable bonds is 4. The quantitative estimate of drug-likeness (QED) is 0.653. The summed E-state index contributed by atoms with van der Waals surface area (Å²) >= 11 is 0. The van der Waals surface area contributed by atoms with E-state index in [4.69, 9.17) is 5.11 Å². The summed E-state index contributed by atoms with van der Waals surface area (Å²) in [6.07, 6.45) is 3.00. The first kappa shape index (κ1) is 15.2. The van der Waals surface area contributed by atoms with E-state index in [2.05, 4.69) is 24.1 Å². The lowest BCUT2D eigenvalue weighted by atomic mass is 9.80. The molecule has 0 bridgehead atoms. The molecule has 1 aromatic heterocycles. The molecule has 7 heteroatoms. The van der Waals surface area contributed by atoms with E-state index in [9.17, 15) is 14.9 Å². The van der Waals surface area contributed by atoms with Gasteiger partial charge in [0.2, 0.25) is 5.82 Å². The van der Waals surface area contributed by atoms with E-state index in [0.29, 0.717) is 11.8 Å². The summed E-state index contributed by atoms with van der Waals surface area (Å²) in [6, 6.07) is 2.42. The van der Waals surface area contributed by atoms with Crippen molar-refractivity contribution in [2.45, 2.75) is 39.2 Å². The van der Waals surface area contributed by atoms with Crippen LogP contribution in [0.2, 0.25) is 0 Å². The molecule has 0 spiro atoms. The lowest BCUT2D eigenvalue weighted by Crippen LogP contribution is -2.33. The van der Waals surface area contributed by atoms with Gasteiger partial charge in [-0.1, -0.05) is 13.8 Å². The molecule has 1 aliphatic rings. The number of nitrogens with zero attached hydrogens (tertiary/aromatic N) is 2. The summed E-state index contributed by atoms with van der Waals surface area (Å²) < 4.78 is 0. The SMILES string of the molecule is CC1CCC(Nc2nc(C(=O)O)ccc2[N+](=O)[O-])C(C)C1. The number of carboxylic acids is 1. The van der Waals surface area contributed by atoms with Crippen LogP contribution in [-0.4, -0.2) is 27.0 Å². The molecule has 0 radical (unpaired) electrons. The second-order valence-corrected chi connectivity index (χ2v) is 5.77. The van der Waals surface area contributed by atoms with E-state index < -0.39 is 10.9 Å². The molecule has 1 saturated carbocycles. The van der Waals surface area contributed by atoms with Gasteiger partial charge >= 0.3 is 11.7 Å². The molecule has 114 valence electrons. The molecular weight excluding hydrogens is 274 g/mol. The maximum Gasteiger partial charge on any atom is 0.354 e. The molecule has 1 fully saturated rings. The highest BCUT2D eigenvalue weighted by Gasteiger charge is 2.28. The number of aromatic nitrogens is 1. The van der Waals surface area contributed by atoms with E-state index in [0.717, 1.165) is 25.3 Å². The monoisotopic (exact) mass is 293 g/mol. The number of pyridine rings is 1. The van der Waals surface area contributed by atoms with E-state index in [1.165, 1.54) is 6.07 Å². The van der Waals surface area contributed by atoms with Crippen LogP contribution in [0, 0.1) is 22.0 Å². The van der Waals surface area contributed by atoms with Gasteiger partial charge in [-0.2, -0.15) is 0 Å². The Kier molecular flexibility index (Phi) is 4.40. The zero-order chi connectivity index (χ0) is 15.6. The molecule has 0 aromatic carbocycles. The first-order valence-electron chi connectivity index (χ1n) is 7.03. The summed E-state index contributed by atoms with van der Waals surface area (Å²) in [5, 5.41) is 23.1. The second-order valence-electron chi connectivity index (χ2n) is 5.77. The molecule has 1 aliphatic carbocycles. The van der Waals surface area contributed by atoms with Crippen molar-refractivity contribution in [3.63, 3.8) is 0 Å². The number of hydrogen-bond acceptors (Lipinski definition) is 5. The van der Waals surface area contributed by atoms with Gasteiger partial charge in [0.05, 0.1) is 4.92 Å². The van der Waals surface area contributed by atoms with Crippen molar-refractivity contribution in [1.29, 1.82) is 0 Å². The highest BCUT2D eigenvalue weighted by atomic mass is 16.6. The van der Waals surface area contributed by atoms with Crippen LogP contribution < -0.4 is 5.32 Å². The largest absolute Gasteiger partial charge is 0.477 e. The predicted molar refractivity (Wildman–Crippen MR) is 77.4 cm³/mol. The fraction of sp³-hybridized carbons (Fsp3) is 0.571. The van der Waals surface area contributed by atoms with Crippen molar-refractivity contribution in [1.82, 2.24) is 4.98 Å². The van der Waals surface area contributed by atoms with Gasteiger partial charge in [0.15, 0.2) is 5.69 Å². The Morgan fingerprint density at radius 2 is 2.14 bits per heavy atom. The minimum atomic E-state index is -1.20. The lowest BCUT2D eigenvalue weighted by molar-refractivity contribution is -0.384. The standard InChI is InChI=1S/C14H19N3O4/c1-8-3-4-10(9(2)7-8)15-13-12(17(20)21)6-5-11(16-13)14(18)19/h5-6,8-10H,3-4,7H2,1-2H3,(H,15,16)(H,18,19). The first-order chi connectivity index (χ1) is 9.88. The third kappa shape index (κ3) is 3.48. The summed E-state index contributed by atoms with van der Waals surface area (Å²) in [5.74, 6) is -0.139. The number of nitro groups is 1. The number of nitrogens with one attached hydrogen (secondary N) is 1. The highest BCUT2D eigenvalue weighted by molar-refractivity contribution is 5.86. The topological polar surface area (TPSA) is 105 Å². The van der Waals surface area contributed by atoms with Crippen LogP contribution in [0.5, 0.6) is 0 Å². The van der Waals surface area contributed by atoms with Crippen molar-refractivity contribution in [3.8, 4) is 0 Å². The molecule has 0 saturated heterocycles. The van der Waals surface area contributed by atoms with Crippen molar-refractivity contribution in [2.75, 3.05) is 5.32 Å². The maximum absolute atomic E-state index is 11.1. The molecule has 2 rings (SSSR count). The Bertz CT molecular complexity index is 561. The zero-order valence-corrected chi connectivity index (χ0v) is 12.1. The molecule has 21 heavy (non-hydrogen) atoms. The normalized spacial score (nSPS) is 25.3. The van der Waals surface area contributed by atoms with Crippen LogP contribution in [0.1, 0.15) is 43.6 Å². The van der Waals surface area contributed by atoms with E-state index in [1.54, 1.807) is 0 Å². The van der Waals surface area contributed by atoms with Crippen LogP contribution in [0.3, 0.4) is 0 Å². The molecular formula is C14H19N3O4. The molecule has 3 unspecified atom stereocenters. The maximum atomic E-state index is 11.1. The smallest absolute Gasteiger partial charge is 0.354 e. The summed E-state index contributed by atoms with van der Waals surface area (Å²) in [6.45, 7) is 4.29. The molecule has 7 nitrogen and oxygen atoms in total. The van der Waals surface area contributed by atoms with Crippen LogP contribution in [0.15, 0.2) is 12.1 Å². The molecule has 0 aliphatic heterocycles. The zero-order valence-electron chi connectivity index (χ0n) is 12.1. The van der Waals surface area contributed by atoms with Gasteiger partial charge in [-0.05, 0) is 37.2 Å². The van der Waals surface area contributed by atoms with Gasteiger partial charge < -0.3 is 10.4 Å². The fourth-order valence-corrected chi connectivity index (χ4v) is 2.88. The number of hydrogen-bond donors (Lipinski definition) is 2. The van der Waals surface area contributed by atoms with Crippen LogP contribution in [0.25, 0.3) is 0 Å². The average molecular weight is 293 g/mol. The van der Waals surface area contributed by atoms with Crippen LogP contribution in [0.4, 0.5) is 11.5 Å². The Morgan fingerprint density at radius 3 is 2.71 bits per heavy atom. The van der Waals surface area contributed by atoms with E-state index in [-0.39, 0.29) is 23.2 Å². The van der Waals surface area contributed by atoms with Gasteiger partial charge in [0.25, 0.3) is 0 Å². The molecule has 2 N–H and O–H groups in total. The van der Waals surface area contributed by atoms with Crippen LogP contribution in [-0.2, 0) is 0 Å². The summed E-state index contributed by atoms with van der Waals surface area (Å²) in [5.41, 5.74) is -0.384. The van der Waals surface area contributed by atoms with Crippen molar-refractivity contribution >= 4 is 17.5 Å². The summed E-state index contributed by atoms with van der Waals surface area (Å²) in [7, 11) is 0. The minimum absolute atomic E-state index is 0.0475. The molecule has 0 amide bonds. The Balaban J connectivity index is 2.26. The van der Waals surface area contributed by atoms with Crippen molar-refractivity contribution in [3.05, 3.63) is 27.9 Å². The van der Waals surface area contributed by atoms with Crippen molar-refractivity contribution in [2.24, 2.45) is 11.8 Å². The number of anilines is 1. The minimum Gasteiger partial charge on any atom is -0.477 e. The highest BCUT2D eigenvalue weighted by Crippen LogP contribution is 2.32. The second kappa shape index (κ2) is 6.07. The van der Waals surface area contributed by atoms with Gasteiger partial charge in [-0.15, -0.1) is 0 Å². The first-order valence-corrected chi connectivity index (χ1v) is 7.03. The predicted octanol–water partition coefficient (Wildman–Crippen LogP) is 2.92. The molecule has 1 aromatic rings. The fourth-order valence-electron chi connectivity index (χ4n) is 2.88. The Hall–Kier alpha value is -2.18. The number of carbonyl (C=O) groups is 1. The number of carboxylic acid groups (broad SMARTS) is 1. The van der Waals surface area contributed by atoms with E-state index >= 15 is 0 Å². The third-order valence-corrected chi connectivity index (χ3v) is 4.04. The summed E-state index contributed by atoms with van der Waals surface area (Å²) in [4.78, 5) is 25.4. The molecule has 3 atom stereocenters. The van der Waals surface area contributed by atoms with Crippen molar-refractivity contribution < 1.29 is 14.8 Å². The average Bonchev–Trinajstić information content (AvgIpc) is 2.41. The lowest BCUT2D eigenvalue weighted by Gasteiger charge is -2.33. The van der Waals surface area contributed by atoms with Gasteiger partial charge in [0.1, 0.15) is 0 Å². The number of aromatic carboxylic acids is 1. The van der Waals surface area contributed by atoms with Gasteiger partial charge in [-0.3, -0.25) is 10.1 Å². The third-order valence-electron chi connectivity index (χ3n) is 4.04. The Morgan fingerprint density at radius 1 is 1.43 bits per heavy atom. The van der Waals surface area contributed by atoms with Gasteiger partial charge in [0, 0.05) is 12.1 Å². The van der Waals surface area contributed by atoms with E-state index in [1.807, 2.05) is 0 Å².